The van der Waals surface area contributed by atoms with Gasteiger partial charge in [-0.1, -0.05) is 78.9 Å². The van der Waals surface area contributed by atoms with Gasteiger partial charge in [-0.2, -0.15) is 10.5 Å². The second-order valence-corrected chi connectivity index (χ2v) is 12.5. The number of aryl methyl sites for hydroxylation is 2. The molecule has 0 aliphatic heterocycles. The van der Waals surface area contributed by atoms with Crippen molar-refractivity contribution in [2.45, 2.75) is 25.7 Å². The summed E-state index contributed by atoms with van der Waals surface area (Å²) in [6.45, 7) is 0. The third kappa shape index (κ3) is 4.20. The molecule has 48 heavy (non-hydrogen) atoms. The minimum absolute atomic E-state index is 0.611. The first-order valence-corrected chi connectivity index (χ1v) is 16.5. The zero-order valence-electron chi connectivity index (χ0n) is 26.3. The number of benzene rings is 5. The van der Waals surface area contributed by atoms with Gasteiger partial charge in [0, 0.05) is 33.4 Å². The van der Waals surface area contributed by atoms with E-state index in [0.717, 1.165) is 70.3 Å². The molecule has 0 atom stereocenters. The van der Waals surface area contributed by atoms with Crippen LogP contribution in [-0.4, -0.2) is 9.13 Å². The Labute approximate surface area is 279 Å². The van der Waals surface area contributed by atoms with Crippen LogP contribution in [0.3, 0.4) is 0 Å². The molecular weight excluding hydrogens is 585 g/mol. The van der Waals surface area contributed by atoms with Crippen LogP contribution < -0.4 is 0 Å². The molecule has 2 aliphatic rings. The first-order chi connectivity index (χ1) is 23.7. The van der Waals surface area contributed by atoms with Crippen LogP contribution >= 0.6 is 0 Å². The van der Waals surface area contributed by atoms with E-state index in [4.69, 9.17) is 0 Å². The molecule has 0 saturated heterocycles. The smallest absolute Gasteiger partial charge is 0.0998 e. The molecule has 2 aliphatic carbocycles. The molecule has 5 aromatic carbocycles. The number of nitriles is 2. The highest BCUT2D eigenvalue weighted by molar-refractivity contribution is 5.94. The number of fused-ring (bicyclic) bond motifs is 6. The van der Waals surface area contributed by atoms with Crippen molar-refractivity contribution >= 4 is 34.0 Å². The van der Waals surface area contributed by atoms with Gasteiger partial charge in [0.2, 0.25) is 0 Å². The lowest BCUT2D eigenvalue weighted by molar-refractivity contribution is 0.967. The van der Waals surface area contributed by atoms with Crippen molar-refractivity contribution < 1.29 is 0 Å². The van der Waals surface area contributed by atoms with E-state index in [1.165, 1.54) is 33.3 Å². The number of allylic oxidation sites excluding steroid dienone is 2. The second-order valence-electron chi connectivity index (χ2n) is 12.5. The second kappa shape index (κ2) is 11.2. The molecular formula is C44H30N4. The number of hydrogen-bond acceptors (Lipinski definition) is 2. The van der Waals surface area contributed by atoms with E-state index in [2.05, 4.69) is 131 Å². The minimum atomic E-state index is 0.611. The van der Waals surface area contributed by atoms with E-state index in [9.17, 15) is 10.5 Å². The average Bonchev–Trinajstić information content (AvgIpc) is 3.67. The van der Waals surface area contributed by atoms with Crippen molar-refractivity contribution in [3.63, 3.8) is 0 Å². The molecule has 4 heteroatoms. The molecule has 7 aromatic rings. The van der Waals surface area contributed by atoms with Gasteiger partial charge in [0.05, 0.1) is 40.0 Å². The number of nitrogens with zero attached hydrogens (tertiary/aromatic N) is 4. The highest BCUT2D eigenvalue weighted by Crippen LogP contribution is 2.40. The van der Waals surface area contributed by atoms with Gasteiger partial charge in [-0.15, -0.1) is 0 Å². The maximum Gasteiger partial charge on any atom is 0.0998 e. The zero-order valence-corrected chi connectivity index (χ0v) is 26.3. The van der Waals surface area contributed by atoms with Gasteiger partial charge in [0.1, 0.15) is 0 Å². The standard InChI is InChI=1S/C44H30N4/c45-27-31-13-10-22-43(48-41-20-7-3-16-37(41)38-17-4-8-21-42(38)48)44(31)30-12-9-11-29(25-30)34-24-23-33(26-32(34)28-46)47-39-18-5-1-14-35(39)36-15-2-6-19-40(36)47/h1,3,5-14,16,18-26H,2,4,15,17H2. The van der Waals surface area contributed by atoms with E-state index in [0.29, 0.717) is 11.1 Å². The SMILES string of the molecule is N#Cc1cc(-n2c3c(c4ccccc42)CCC=C3)ccc1-c1cccc(-c2c(C#N)cccc2-n2c3c(c4ccccc42)CCC=C3)c1. The highest BCUT2D eigenvalue weighted by atomic mass is 15.0. The molecule has 0 spiro atoms. The van der Waals surface area contributed by atoms with Crippen molar-refractivity contribution in [2.24, 2.45) is 0 Å². The molecule has 4 nitrogen and oxygen atoms in total. The molecule has 0 N–H and O–H groups in total. The summed E-state index contributed by atoms with van der Waals surface area (Å²) in [6, 6.07) is 42.5. The third-order valence-corrected chi connectivity index (χ3v) is 9.96. The molecule has 9 rings (SSSR count). The van der Waals surface area contributed by atoms with Crippen LogP contribution in [0.5, 0.6) is 0 Å². The number of aromatic nitrogens is 2. The monoisotopic (exact) mass is 614 g/mol. The van der Waals surface area contributed by atoms with Crippen molar-refractivity contribution in [1.82, 2.24) is 9.13 Å². The van der Waals surface area contributed by atoms with Crippen LogP contribution in [0.25, 0.3) is 67.6 Å². The molecule has 0 fully saturated rings. The summed E-state index contributed by atoms with van der Waals surface area (Å²) in [5.74, 6) is 0. The maximum absolute atomic E-state index is 10.5. The van der Waals surface area contributed by atoms with Crippen molar-refractivity contribution in [3.8, 4) is 45.8 Å². The summed E-state index contributed by atoms with van der Waals surface area (Å²) in [6.07, 6.45) is 13.0. The molecule has 0 radical (unpaired) electrons. The van der Waals surface area contributed by atoms with Gasteiger partial charge in [-0.3, -0.25) is 0 Å². The Bertz CT molecular complexity index is 2590. The van der Waals surface area contributed by atoms with Crippen LogP contribution in [0, 0.1) is 22.7 Å². The summed E-state index contributed by atoms with van der Waals surface area (Å²) in [7, 11) is 0. The fourth-order valence-corrected chi connectivity index (χ4v) is 7.89. The quantitative estimate of drug-likeness (QED) is 0.198. The summed E-state index contributed by atoms with van der Waals surface area (Å²) < 4.78 is 4.60. The Kier molecular flexibility index (Phi) is 6.49. The number of para-hydroxylation sites is 2. The summed E-state index contributed by atoms with van der Waals surface area (Å²) >= 11 is 0. The van der Waals surface area contributed by atoms with Gasteiger partial charge >= 0.3 is 0 Å². The Morgan fingerprint density at radius 1 is 0.542 bits per heavy atom. The van der Waals surface area contributed by atoms with E-state index in [-0.39, 0.29) is 0 Å². The average molecular weight is 615 g/mol. The molecule has 2 aromatic heterocycles. The van der Waals surface area contributed by atoms with Crippen LogP contribution in [0.4, 0.5) is 0 Å². The maximum atomic E-state index is 10.5. The summed E-state index contributed by atoms with van der Waals surface area (Å²) in [5.41, 5.74) is 14.2. The predicted octanol–water partition coefficient (Wildman–Crippen LogP) is 10.6. The van der Waals surface area contributed by atoms with E-state index >= 15 is 0 Å². The first-order valence-electron chi connectivity index (χ1n) is 16.5. The lowest BCUT2D eigenvalue weighted by atomic mass is 9.93. The third-order valence-electron chi connectivity index (χ3n) is 9.96. The first kappa shape index (κ1) is 27.9. The van der Waals surface area contributed by atoms with Crippen molar-refractivity contribution in [1.29, 1.82) is 10.5 Å². The Morgan fingerprint density at radius 2 is 1.17 bits per heavy atom. The molecule has 0 bridgehead atoms. The Morgan fingerprint density at radius 3 is 1.88 bits per heavy atom. The summed E-state index contributed by atoms with van der Waals surface area (Å²) in [4.78, 5) is 0. The van der Waals surface area contributed by atoms with Crippen molar-refractivity contribution in [3.05, 3.63) is 155 Å². The van der Waals surface area contributed by atoms with E-state index < -0.39 is 0 Å². The molecule has 0 unspecified atom stereocenters. The fraction of sp³-hybridized carbons (Fsp3) is 0.0909. The molecule has 226 valence electrons. The van der Waals surface area contributed by atoms with E-state index in [1.807, 2.05) is 24.3 Å². The Hall–Kier alpha value is -6.36. The van der Waals surface area contributed by atoms with E-state index in [1.54, 1.807) is 0 Å². The number of rotatable bonds is 4. The fourth-order valence-electron chi connectivity index (χ4n) is 7.89. The molecule has 0 amide bonds. The lowest BCUT2D eigenvalue weighted by Crippen LogP contribution is -2.03. The van der Waals surface area contributed by atoms with Gasteiger partial charge in [-0.05, 0) is 108 Å². The van der Waals surface area contributed by atoms with Gasteiger partial charge in [0.25, 0.3) is 0 Å². The number of hydrogen-bond donors (Lipinski definition) is 0. The topological polar surface area (TPSA) is 57.4 Å². The van der Waals surface area contributed by atoms with Crippen LogP contribution in [0.2, 0.25) is 0 Å². The van der Waals surface area contributed by atoms with Crippen LogP contribution in [-0.2, 0) is 12.8 Å². The van der Waals surface area contributed by atoms with Crippen LogP contribution in [0.15, 0.2) is 121 Å². The van der Waals surface area contributed by atoms with Crippen LogP contribution in [0.1, 0.15) is 46.5 Å². The highest BCUT2D eigenvalue weighted by Gasteiger charge is 2.23. The lowest BCUT2D eigenvalue weighted by Gasteiger charge is -2.18. The minimum Gasteiger partial charge on any atom is -0.310 e. The van der Waals surface area contributed by atoms with Crippen molar-refractivity contribution in [2.75, 3.05) is 0 Å². The molecule has 0 saturated carbocycles. The summed E-state index contributed by atoms with van der Waals surface area (Å²) in [5, 5.41) is 23.4. The van der Waals surface area contributed by atoms with Gasteiger partial charge < -0.3 is 9.13 Å². The zero-order chi connectivity index (χ0) is 32.2. The largest absolute Gasteiger partial charge is 0.310 e. The Balaban J connectivity index is 1.20. The van der Waals surface area contributed by atoms with Gasteiger partial charge in [-0.25, -0.2) is 0 Å². The normalized spacial score (nSPS) is 13.3. The predicted molar refractivity (Wildman–Crippen MR) is 195 cm³/mol. The van der Waals surface area contributed by atoms with Gasteiger partial charge in [0.15, 0.2) is 0 Å². The molecule has 2 heterocycles.